The fourth-order valence-electron chi connectivity index (χ4n) is 3.57. The van der Waals surface area contributed by atoms with E-state index in [0.717, 1.165) is 11.3 Å². The third-order valence-corrected chi connectivity index (χ3v) is 5.43. The van der Waals surface area contributed by atoms with Crippen LogP contribution in [-0.4, -0.2) is 57.3 Å². The number of rotatable bonds is 4. The van der Waals surface area contributed by atoms with Crippen LogP contribution in [0.3, 0.4) is 0 Å². The lowest BCUT2D eigenvalue weighted by Gasteiger charge is -2.23. The topological polar surface area (TPSA) is 108 Å². The number of fused-ring (bicyclic) bond motifs is 1. The molecule has 0 aliphatic carbocycles. The molecule has 0 saturated carbocycles. The SMILES string of the molecule is O=C(O)CNC(=O)N1CCN(C(=O)c2ccc(-n3cccn3)cc2Cl)c2ccccc2C1. The van der Waals surface area contributed by atoms with Crippen molar-refractivity contribution in [2.24, 2.45) is 0 Å². The Morgan fingerprint density at radius 3 is 2.62 bits per heavy atom. The van der Waals surface area contributed by atoms with Crippen LogP contribution < -0.4 is 10.2 Å². The first kappa shape index (κ1) is 21.4. The molecule has 1 aliphatic heterocycles. The molecule has 4 rings (SSSR count). The lowest BCUT2D eigenvalue weighted by molar-refractivity contribution is -0.135. The van der Waals surface area contributed by atoms with E-state index in [1.807, 2.05) is 24.3 Å². The number of hydrogen-bond donors (Lipinski definition) is 2. The second kappa shape index (κ2) is 9.11. The van der Waals surface area contributed by atoms with Crippen molar-refractivity contribution in [3.8, 4) is 5.69 Å². The Bertz CT molecular complexity index is 1160. The van der Waals surface area contributed by atoms with Crippen LogP contribution >= 0.6 is 11.6 Å². The van der Waals surface area contributed by atoms with E-state index in [1.54, 1.807) is 46.2 Å². The maximum Gasteiger partial charge on any atom is 0.323 e. The van der Waals surface area contributed by atoms with Gasteiger partial charge >= 0.3 is 12.0 Å². The second-order valence-corrected chi connectivity index (χ2v) is 7.58. The maximum absolute atomic E-state index is 13.4. The average Bonchev–Trinajstić information content (AvgIpc) is 3.25. The standard InChI is InChI=1S/C22H20ClN5O4/c23-18-12-16(28-9-3-8-25-28)6-7-17(18)21(31)27-11-10-26(22(32)24-13-20(29)30)14-15-4-1-2-5-19(15)27/h1-9,12H,10-11,13-14H2,(H,24,32)(H,29,30). The highest BCUT2D eigenvalue weighted by molar-refractivity contribution is 6.34. The van der Waals surface area contributed by atoms with Gasteiger partial charge in [0.05, 0.1) is 16.3 Å². The fourth-order valence-corrected chi connectivity index (χ4v) is 3.82. The summed E-state index contributed by atoms with van der Waals surface area (Å²) in [6, 6.07) is 13.7. The summed E-state index contributed by atoms with van der Waals surface area (Å²) in [5.41, 5.74) is 2.52. The molecule has 0 fully saturated rings. The summed E-state index contributed by atoms with van der Waals surface area (Å²) in [5, 5.41) is 15.6. The number of aromatic nitrogens is 2. The molecule has 32 heavy (non-hydrogen) atoms. The molecule has 164 valence electrons. The Balaban J connectivity index is 1.60. The number of nitrogens with one attached hydrogen (secondary N) is 1. The number of carboxylic acids is 1. The monoisotopic (exact) mass is 453 g/mol. The van der Waals surface area contributed by atoms with Crippen LogP contribution in [0.15, 0.2) is 60.9 Å². The Hall–Kier alpha value is -3.85. The van der Waals surface area contributed by atoms with E-state index >= 15 is 0 Å². The van der Waals surface area contributed by atoms with Gasteiger partial charge in [0.1, 0.15) is 6.54 Å². The molecule has 2 aromatic carbocycles. The molecule has 0 bridgehead atoms. The summed E-state index contributed by atoms with van der Waals surface area (Å²) >= 11 is 6.46. The van der Waals surface area contributed by atoms with Crippen molar-refractivity contribution in [1.29, 1.82) is 0 Å². The predicted molar refractivity (Wildman–Crippen MR) is 118 cm³/mol. The number of anilines is 1. The predicted octanol–water partition coefficient (Wildman–Crippen LogP) is 2.78. The van der Waals surface area contributed by atoms with Gasteiger partial charge in [0.25, 0.3) is 5.91 Å². The van der Waals surface area contributed by atoms with Gasteiger partial charge in [0.15, 0.2) is 0 Å². The normalized spacial score (nSPS) is 13.3. The molecule has 1 aromatic heterocycles. The largest absolute Gasteiger partial charge is 0.480 e. The molecular weight excluding hydrogens is 434 g/mol. The number of para-hydroxylation sites is 1. The summed E-state index contributed by atoms with van der Waals surface area (Å²) in [7, 11) is 0. The van der Waals surface area contributed by atoms with Gasteiger partial charge in [-0.25, -0.2) is 9.48 Å². The number of urea groups is 1. The van der Waals surface area contributed by atoms with Crippen molar-refractivity contribution >= 4 is 35.2 Å². The van der Waals surface area contributed by atoms with Gasteiger partial charge in [0.2, 0.25) is 0 Å². The molecule has 9 nitrogen and oxygen atoms in total. The van der Waals surface area contributed by atoms with E-state index in [0.29, 0.717) is 16.3 Å². The minimum absolute atomic E-state index is 0.230. The summed E-state index contributed by atoms with van der Waals surface area (Å²) in [5.74, 6) is -1.42. The molecule has 0 saturated heterocycles. The number of carbonyl (C=O) groups excluding carboxylic acids is 2. The molecule has 0 spiro atoms. The summed E-state index contributed by atoms with van der Waals surface area (Å²) in [6.07, 6.45) is 3.43. The lowest BCUT2D eigenvalue weighted by Crippen LogP contribution is -2.44. The third kappa shape index (κ3) is 4.42. The smallest absolute Gasteiger partial charge is 0.323 e. The van der Waals surface area contributed by atoms with Gasteiger partial charge in [-0.15, -0.1) is 0 Å². The molecule has 3 aromatic rings. The zero-order chi connectivity index (χ0) is 22.7. The van der Waals surface area contributed by atoms with Crippen molar-refractivity contribution in [2.75, 3.05) is 24.5 Å². The van der Waals surface area contributed by atoms with E-state index in [9.17, 15) is 14.4 Å². The average molecular weight is 454 g/mol. The number of carboxylic acid groups (broad SMARTS) is 1. The van der Waals surface area contributed by atoms with Gasteiger partial charge in [-0.2, -0.15) is 5.10 Å². The first-order valence-electron chi connectivity index (χ1n) is 9.88. The van der Waals surface area contributed by atoms with Crippen molar-refractivity contribution in [2.45, 2.75) is 6.54 Å². The molecule has 2 N–H and O–H groups in total. The van der Waals surface area contributed by atoms with Crippen LogP contribution in [-0.2, 0) is 11.3 Å². The number of aliphatic carboxylic acids is 1. The number of nitrogens with zero attached hydrogens (tertiary/aromatic N) is 4. The van der Waals surface area contributed by atoms with Crippen molar-refractivity contribution < 1.29 is 19.5 Å². The quantitative estimate of drug-likeness (QED) is 0.631. The van der Waals surface area contributed by atoms with Crippen molar-refractivity contribution in [1.82, 2.24) is 20.0 Å². The van der Waals surface area contributed by atoms with Crippen molar-refractivity contribution in [3.63, 3.8) is 0 Å². The van der Waals surface area contributed by atoms with Gasteiger partial charge in [0, 0.05) is 37.7 Å². The summed E-state index contributed by atoms with van der Waals surface area (Å²) < 4.78 is 1.65. The number of carbonyl (C=O) groups is 3. The molecule has 0 atom stereocenters. The van der Waals surface area contributed by atoms with Gasteiger partial charge in [-0.05, 0) is 35.9 Å². The van der Waals surface area contributed by atoms with Gasteiger partial charge < -0.3 is 20.2 Å². The highest BCUT2D eigenvalue weighted by Crippen LogP contribution is 2.29. The van der Waals surface area contributed by atoms with E-state index in [2.05, 4.69) is 10.4 Å². The van der Waals surface area contributed by atoms with Crippen LogP contribution in [0.5, 0.6) is 0 Å². The summed E-state index contributed by atoms with van der Waals surface area (Å²) in [6.45, 7) is 0.234. The van der Waals surface area contributed by atoms with Crippen LogP contribution in [0.25, 0.3) is 5.69 Å². The highest BCUT2D eigenvalue weighted by atomic mass is 35.5. The molecule has 10 heteroatoms. The molecular formula is C22H20ClN5O4. The van der Waals surface area contributed by atoms with Crippen LogP contribution in [0.4, 0.5) is 10.5 Å². The van der Waals surface area contributed by atoms with Gasteiger partial charge in [-0.3, -0.25) is 9.59 Å². The molecule has 3 amide bonds. The third-order valence-electron chi connectivity index (χ3n) is 5.11. The Labute approximate surface area is 188 Å². The molecule has 0 radical (unpaired) electrons. The zero-order valence-electron chi connectivity index (χ0n) is 16.9. The molecule has 0 unspecified atom stereocenters. The molecule has 2 heterocycles. The maximum atomic E-state index is 13.4. The summed E-state index contributed by atoms with van der Waals surface area (Å²) in [4.78, 5) is 39.7. The first-order chi connectivity index (χ1) is 15.4. The molecule has 1 aliphatic rings. The Morgan fingerprint density at radius 1 is 1.09 bits per heavy atom. The first-order valence-corrected chi connectivity index (χ1v) is 10.3. The van der Waals surface area contributed by atoms with Crippen LogP contribution in [0, 0.1) is 0 Å². The van der Waals surface area contributed by atoms with E-state index < -0.39 is 18.5 Å². The van der Waals surface area contributed by atoms with Crippen molar-refractivity contribution in [3.05, 3.63) is 77.1 Å². The zero-order valence-corrected chi connectivity index (χ0v) is 17.7. The van der Waals surface area contributed by atoms with E-state index in [1.165, 1.54) is 4.90 Å². The lowest BCUT2D eigenvalue weighted by atomic mass is 10.1. The van der Waals surface area contributed by atoms with Crippen LogP contribution in [0.2, 0.25) is 5.02 Å². The number of amides is 3. The number of hydrogen-bond acceptors (Lipinski definition) is 4. The minimum atomic E-state index is -1.13. The number of benzene rings is 2. The van der Waals surface area contributed by atoms with Crippen LogP contribution in [0.1, 0.15) is 15.9 Å². The highest BCUT2D eigenvalue weighted by Gasteiger charge is 2.28. The number of halogens is 1. The Morgan fingerprint density at radius 2 is 1.91 bits per heavy atom. The Kier molecular flexibility index (Phi) is 6.09. The van der Waals surface area contributed by atoms with Gasteiger partial charge in [-0.1, -0.05) is 29.8 Å². The van der Waals surface area contributed by atoms with E-state index in [-0.39, 0.29) is 25.5 Å². The minimum Gasteiger partial charge on any atom is -0.480 e. The second-order valence-electron chi connectivity index (χ2n) is 7.17. The van der Waals surface area contributed by atoms with E-state index in [4.69, 9.17) is 16.7 Å². The fraction of sp³-hybridized carbons (Fsp3) is 0.182.